The lowest BCUT2D eigenvalue weighted by atomic mass is 10.2. The number of thiophene rings is 1. The number of benzene rings is 2. The summed E-state index contributed by atoms with van der Waals surface area (Å²) < 4.78 is 93.9. The first-order valence-corrected chi connectivity index (χ1v) is 12.7. The van der Waals surface area contributed by atoms with Gasteiger partial charge in [-0.05, 0) is 47.8 Å². The van der Waals surface area contributed by atoms with Crippen molar-refractivity contribution in [1.29, 1.82) is 0 Å². The van der Waals surface area contributed by atoms with E-state index in [9.17, 15) is 30.0 Å². The highest BCUT2D eigenvalue weighted by atomic mass is 35.5. The van der Waals surface area contributed by atoms with Gasteiger partial charge in [0.05, 0.1) is 26.9 Å². The van der Waals surface area contributed by atoms with Gasteiger partial charge in [0, 0.05) is 5.02 Å². The molecular weight excluding hydrogens is 520 g/mol. The quantitative estimate of drug-likeness (QED) is 0.429. The Labute approximate surface area is 189 Å². The van der Waals surface area contributed by atoms with Gasteiger partial charge in [-0.1, -0.05) is 29.3 Å². The van der Waals surface area contributed by atoms with Gasteiger partial charge < -0.3 is 0 Å². The Morgan fingerprint density at radius 2 is 1.52 bits per heavy atom. The van der Waals surface area contributed by atoms with Crippen LogP contribution >= 0.6 is 34.5 Å². The molecule has 3 aromatic rings. The Morgan fingerprint density at radius 1 is 0.839 bits per heavy atom. The van der Waals surface area contributed by atoms with E-state index in [1.165, 1.54) is 24.3 Å². The zero-order valence-corrected chi connectivity index (χ0v) is 18.9. The van der Waals surface area contributed by atoms with Crippen molar-refractivity contribution in [2.24, 2.45) is 0 Å². The molecule has 0 spiro atoms. The van der Waals surface area contributed by atoms with Crippen molar-refractivity contribution in [2.45, 2.75) is 15.3 Å². The summed E-state index contributed by atoms with van der Waals surface area (Å²) in [5, 5.41) is 0.932. The molecule has 166 valence electrons. The van der Waals surface area contributed by atoms with Gasteiger partial charge in [-0.15, -0.1) is 11.3 Å². The number of nitrogens with one attached hydrogen (secondary N) is 2. The van der Waals surface area contributed by atoms with Gasteiger partial charge in [-0.2, -0.15) is 13.2 Å². The van der Waals surface area contributed by atoms with E-state index in [0.717, 1.165) is 29.5 Å². The van der Waals surface area contributed by atoms with E-state index in [2.05, 4.69) is 9.44 Å². The first-order chi connectivity index (χ1) is 14.3. The average Bonchev–Trinajstić information content (AvgIpc) is 3.18. The van der Waals surface area contributed by atoms with E-state index in [4.69, 9.17) is 23.2 Å². The van der Waals surface area contributed by atoms with E-state index in [0.29, 0.717) is 6.07 Å². The van der Waals surface area contributed by atoms with Crippen LogP contribution in [0.3, 0.4) is 0 Å². The number of alkyl halides is 3. The summed E-state index contributed by atoms with van der Waals surface area (Å²) in [6, 6.07) is 8.58. The summed E-state index contributed by atoms with van der Waals surface area (Å²) in [4.78, 5) is -0.726. The van der Waals surface area contributed by atoms with Crippen LogP contribution in [0.1, 0.15) is 5.56 Å². The summed E-state index contributed by atoms with van der Waals surface area (Å²) in [7, 11) is -8.59. The lowest BCUT2D eigenvalue weighted by Crippen LogP contribution is -2.18. The molecule has 0 fully saturated rings. The minimum Gasteiger partial charge on any atom is -0.277 e. The maximum absolute atomic E-state index is 13.1. The molecule has 0 amide bonds. The standard InChI is InChI=1S/C17H11Cl2F3N2O4S3/c18-10-3-6-14(23-31(27,28)16-2-1-7-29-16)15(8-10)24-30(25,26)11-4-5-13(19)12(9-11)17(20,21)22/h1-9,23-24H. The molecule has 1 heterocycles. The molecule has 0 unspecified atom stereocenters. The second-order valence-corrected chi connectivity index (χ2v) is 11.4. The van der Waals surface area contributed by atoms with Crippen molar-refractivity contribution in [1.82, 2.24) is 0 Å². The minimum absolute atomic E-state index is 0.0243. The van der Waals surface area contributed by atoms with Crippen molar-refractivity contribution < 1.29 is 30.0 Å². The molecule has 0 saturated carbocycles. The highest BCUT2D eigenvalue weighted by molar-refractivity contribution is 7.94. The van der Waals surface area contributed by atoms with Crippen LogP contribution in [-0.4, -0.2) is 16.8 Å². The van der Waals surface area contributed by atoms with Crippen LogP contribution in [0.5, 0.6) is 0 Å². The third-order valence-corrected chi connectivity index (χ3v) is 8.47. The van der Waals surface area contributed by atoms with Crippen molar-refractivity contribution in [2.75, 3.05) is 9.44 Å². The highest BCUT2D eigenvalue weighted by Gasteiger charge is 2.34. The Balaban J connectivity index is 2.00. The van der Waals surface area contributed by atoms with Crippen LogP contribution in [0, 0.1) is 0 Å². The molecule has 0 aliphatic heterocycles. The summed E-state index contributed by atoms with van der Waals surface area (Å²) in [6.45, 7) is 0. The largest absolute Gasteiger partial charge is 0.417 e. The fraction of sp³-hybridized carbons (Fsp3) is 0.0588. The predicted octanol–water partition coefficient (Wildman–Crippen LogP) is 5.68. The zero-order valence-electron chi connectivity index (χ0n) is 14.9. The maximum Gasteiger partial charge on any atom is 0.417 e. The third-order valence-electron chi connectivity index (χ3n) is 3.78. The van der Waals surface area contributed by atoms with Gasteiger partial charge in [-0.3, -0.25) is 9.44 Å². The molecule has 0 bridgehead atoms. The predicted molar refractivity (Wildman–Crippen MR) is 114 cm³/mol. The number of anilines is 2. The Bertz CT molecular complexity index is 1330. The fourth-order valence-corrected chi connectivity index (χ4v) is 5.96. The molecule has 0 atom stereocenters. The van der Waals surface area contributed by atoms with Crippen LogP contribution in [0.15, 0.2) is 63.0 Å². The number of hydrogen-bond donors (Lipinski definition) is 2. The molecule has 1 aromatic heterocycles. The molecule has 0 saturated heterocycles. The number of rotatable bonds is 6. The van der Waals surface area contributed by atoms with E-state index in [1.807, 2.05) is 0 Å². The second-order valence-electron chi connectivity index (χ2n) is 5.97. The molecule has 31 heavy (non-hydrogen) atoms. The van der Waals surface area contributed by atoms with Crippen molar-refractivity contribution in [3.63, 3.8) is 0 Å². The van der Waals surface area contributed by atoms with Crippen molar-refractivity contribution >= 4 is 66.0 Å². The molecule has 0 radical (unpaired) electrons. The number of hydrogen-bond acceptors (Lipinski definition) is 5. The summed E-state index contributed by atoms with van der Waals surface area (Å²) in [6.07, 6.45) is -4.87. The van der Waals surface area contributed by atoms with Crippen LogP contribution in [0.25, 0.3) is 0 Å². The van der Waals surface area contributed by atoms with Gasteiger partial charge in [-0.25, -0.2) is 16.8 Å². The normalized spacial score (nSPS) is 12.5. The van der Waals surface area contributed by atoms with Crippen molar-refractivity contribution in [3.05, 3.63) is 69.5 Å². The Hall–Kier alpha value is -1.99. The topological polar surface area (TPSA) is 92.3 Å². The summed E-state index contributed by atoms with van der Waals surface area (Å²) in [5.41, 5.74) is -1.79. The van der Waals surface area contributed by atoms with E-state index >= 15 is 0 Å². The molecule has 0 aliphatic rings. The van der Waals surface area contributed by atoms with Crippen LogP contribution in [-0.2, 0) is 26.2 Å². The summed E-state index contributed by atoms with van der Waals surface area (Å²) >= 11 is 12.4. The first kappa shape index (κ1) is 23.7. The highest BCUT2D eigenvalue weighted by Crippen LogP contribution is 2.37. The Morgan fingerprint density at radius 3 is 2.13 bits per heavy atom. The van der Waals surface area contributed by atoms with E-state index in [-0.39, 0.29) is 20.6 Å². The van der Waals surface area contributed by atoms with E-state index < -0.39 is 41.7 Å². The van der Waals surface area contributed by atoms with Gasteiger partial charge >= 0.3 is 6.18 Å². The third kappa shape index (κ3) is 5.44. The van der Waals surface area contributed by atoms with Gasteiger partial charge in [0.2, 0.25) is 0 Å². The molecule has 14 heteroatoms. The number of halogens is 5. The SMILES string of the molecule is O=S(=O)(Nc1cc(Cl)ccc1NS(=O)(=O)c1cccs1)c1ccc(Cl)c(C(F)(F)F)c1. The van der Waals surface area contributed by atoms with Crippen molar-refractivity contribution in [3.8, 4) is 0 Å². The summed E-state index contributed by atoms with van der Waals surface area (Å²) in [5.74, 6) is 0. The molecule has 3 rings (SSSR count). The fourth-order valence-electron chi connectivity index (χ4n) is 2.39. The van der Waals surface area contributed by atoms with E-state index in [1.54, 1.807) is 5.38 Å². The zero-order chi connectivity index (χ0) is 23.0. The van der Waals surface area contributed by atoms with Crippen LogP contribution < -0.4 is 9.44 Å². The molecule has 2 N–H and O–H groups in total. The maximum atomic E-state index is 13.1. The smallest absolute Gasteiger partial charge is 0.277 e. The molecule has 6 nitrogen and oxygen atoms in total. The molecule has 0 aliphatic carbocycles. The monoisotopic (exact) mass is 530 g/mol. The lowest BCUT2D eigenvalue weighted by molar-refractivity contribution is -0.137. The van der Waals surface area contributed by atoms with Gasteiger partial charge in [0.1, 0.15) is 4.21 Å². The average molecular weight is 531 g/mol. The molecule has 2 aromatic carbocycles. The first-order valence-electron chi connectivity index (χ1n) is 8.05. The van der Waals surface area contributed by atoms with Gasteiger partial charge in [0.25, 0.3) is 20.0 Å². The second kappa shape index (κ2) is 8.51. The van der Waals surface area contributed by atoms with Gasteiger partial charge in [0.15, 0.2) is 0 Å². The molecular formula is C17H11Cl2F3N2O4S3. The van der Waals surface area contributed by atoms with Crippen LogP contribution in [0.4, 0.5) is 24.5 Å². The Kier molecular flexibility index (Phi) is 6.50. The minimum atomic E-state index is -4.87. The lowest BCUT2D eigenvalue weighted by Gasteiger charge is -2.16. The number of sulfonamides is 2. The van der Waals surface area contributed by atoms with Crippen LogP contribution in [0.2, 0.25) is 10.0 Å².